The molecular formula is C11H18N4. The molecule has 82 valence electrons. The van der Waals surface area contributed by atoms with Crippen LogP contribution in [-0.4, -0.2) is 15.0 Å². The minimum atomic E-state index is 0.368. The van der Waals surface area contributed by atoms with Gasteiger partial charge in [0.2, 0.25) is 0 Å². The van der Waals surface area contributed by atoms with Crippen LogP contribution < -0.4 is 0 Å². The molecule has 0 radical (unpaired) electrons. The van der Waals surface area contributed by atoms with E-state index >= 15 is 0 Å². The molecule has 0 aliphatic carbocycles. The Bertz CT molecular complexity index is 346. The normalized spacial score (nSPS) is 10.6. The Morgan fingerprint density at radius 3 is 2.73 bits per heavy atom. The lowest BCUT2D eigenvalue weighted by Gasteiger charge is -2.08. The molecule has 1 aromatic heterocycles. The summed E-state index contributed by atoms with van der Waals surface area (Å²) in [6.45, 7) is 7.32. The lowest BCUT2D eigenvalue weighted by Crippen LogP contribution is -2.10. The first-order valence-corrected chi connectivity index (χ1v) is 5.47. The third-order valence-electron chi connectivity index (χ3n) is 2.19. The molecule has 0 aliphatic heterocycles. The van der Waals surface area contributed by atoms with Crippen molar-refractivity contribution in [3.63, 3.8) is 0 Å². The van der Waals surface area contributed by atoms with Crippen LogP contribution in [0.25, 0.3) is 0 Å². The van der Waals surface area contributed by atoms with Crippen LogP contribution in [0.15, 0.2) is 0 Å². The van der Waals surface area contributed by atoms with E-state index in [1.165, 1.54) is 0 Å². The molecule has 0 aromatic carbocycles. The van der Waals surface area contributed by atoms with Crippen LogP contribution in [0, 0.1) is 17.2 Å². The van der Waals surface area contributed by atoms with Gasteiger partial charge in [-0.2, -0.15) is 5.26 Å². The lowest BCUT2D eigenvalue weighted by atomic mass is 10.1. The van der Waals surface area contributed by atoms with Gasteiger partial charge in [0.15, 0.2) is 0 Å². The van der Waals surface area contributed by atoms with Gasteiger partial charge in [0.1, 0.15) is 0 Å². The minimum absolute atomic E-state index is 0.368. The van der Waals surface area contributed by atoms with Crippen LogP contribution >= 0.6 is 0 Å². The Labute approximate surface area is 90.9 Å². The Hall–Kier alpha value is -1.37. The molecule has 4 nitrogen and oxygen atoms in total. The smallest absolute Gasteiger partial charge is 0.0999 e. The van der Waals surface area contributed by atoms with E-state index in [-0.39, 0.29) is 0 Å². The van der Waals surface area contributed by atoms with E-state index in [1.54, 1.807) is 0 Å². The lowest BCUT2D eigenvalue weighted by molar-refractivity contribution is 0.457. The zero-order chi connectivity index (χ0) is 11.3. The molecule has 0 spiro atoms. The number of aromatic nitrogens is 3. The highest BCUT2D eigenvalue weighted by Gasteiger charge is 2.12. The maximum absolute atomic E-state index is 8.68. The Kier molecular flexibility index (Phi) is 4.29. The van der Waals surface area contributed by atoms with Gasteiger partial charge in [0.25, 0.3) is 0 Å². The fourth-order valence-electron chi connectivity index (χ4n) is 1.58. The van der Waals surface area contributed by atoms with Gasteiger partial charge in [-0.15, -0.1) is 5.10 Å². The van der Waals surface area contributed by atoms with Gasteiger partial charge in [-0.1, -0.05) is 32.4 Å². The zero-order valence-corrected chi connectivity index (χ0v) is 9.69. The van der Waals surface area contributed by atoms with Crippen LogP contribution in [-0.2, 0) is 19.4 Å². The molecule has 1 rings (SSSR count). The van der Waals surface area contributed by atoms with Crippen molar-refractivity contribution in [2.24, 2.45) is 5.92 Å². The van der Waals surface area contributed by atoms with Gasteiger partial charge in [0, 0.05) is 6.54 Å². The molecule has 1 aromatic rings. The quantitative estimate of drug-likeness (QED) is 0.740. The van der Waals surface area contributed by atoms with Gasteiger partial charge >= 0.3 is 0 Å². The second-order valence-corrected chi connectivity index (χ2v) is 4.14. The van der Waals surface area contributed by atoms with Crippen LogP contribution in [0.4, 0.5) is 0 Å². The first-order valence-electron chi connectivity index (χ1n) is 5.47. The predicted octanol–water partition coefficient (Wildman–Crippen LogP) is 1.95. The van der Waals surface area contributed by atoms with Gasteiger partial charge < -0.3 is 0 Å². The van der Waals surface area contributed by atoms with E-state index in [4.69, 9.17) is 5.26 Å². The van der Waals surface area contributed by atoms with Crippen LogP contribution in [0.2, 0.25) is 0 Å². The summed E-state index contributed by atoms with van der Waals surface area (Å²) in [5.41, 5.74) is 1.98. The van der Waals surface area contributed by atoms with Crippen LogP contribution in [0.3, 0.4) is 0 Å². The molecule has 0 amide bonds. The van der Waals surface area contributed by atoms with E-state index in [2.05, 4.69) is 37.2 Å². The van der Waals surface area contributed by atoms with Crippen molar-refractivity contribution in [3.8, 4) is 6.07 Å². The second-order valence-electron chi connectivity index (χ2n) is 4.14. The molecule has 4 heteroatoms. The second kappa shape index (κ2) is 5.50. The van der Waals surface area contributed by atoms with E-state index in [0.29, 0.717) is 12.3 Å². The maximum atomic E-state index is 8.68. The molecule has 0 unspecified atom stereocenters. The van der Waals surface area contributed by atoms with Gasteiger partial charge in [0.05, 0.1) is 23.9 Å². The van der Waals surface area contributed by atoms with E-state index < -0.39 is 0 Å². The summed E-state index contributed by atoms with van der Waals surface area (Å²) in [7, 11) is 0. The number of nitrogens with zero attached hydrogens (tertiary/aromatic N) is 4. The van der Waals surface area contributed by atoms with E-state index in [1.807, 2.05) is 4.68 Å². The van der Waals surface area contributed by atoms with Crippen molar-refractivity contribution in [2.75, 3.05) is 0 Å². The highest BCUT2D eigenvalue weighted by Crippen LogP contribution is 2.11. The highest BCUT2D eigenvalue weighted by molar-refractivity contribution is 5.14. The summed E-state index contributed by atoms with van der Waals surface area (Å²) >= 11 is 0. The maximum Gasteiger partial charge on any atom is 0.0999 e. The Morgan fingerprint density at radius 1 is 1.47 bits per heavy atom. The van der Waals surface area contributed by atoms with Crippen molar-refractivity contribution in [3.05, 3.63) is 11.4 Å². The van der Waals surface area contributed by atoms with Gasteiger partial charge in [-0.25, -0.2) is 4.68 Å². The fourth-order valence-corrected chi connectivity index (χ4v) is 1.58. The van der Waals surface area contributed by atoms with Gasteiger partial charge in [-0.05, 0) is 12.3 Å². The first kappa shape index (κ1) is 11.7. The summed E-state index contributed by atoms with van der Waals surface area (Å²) in [5.74, 6) is 0.553. The van der Waals surface area contributed by atoms with Crippen molar-refractivity contribution < 1.29 is 0 Å². The van der Waals surface area contributed by atoms with E-state index in [0.717, 1.165) is 30.8 Å². The zero-order valence-electron chi connectivity index (χ0n) is 9.69. The fraction of sp³-hybridized carbons (Fsp3) is 0.727. The molecule has 0 bridgehead atoms. The summed E-state index contributed by atoms with van der Waals surface area (Å²) in [5, 5.41) is 16.9. The summed E-state index contributed by atoms with van der Waals surface area (Å²) < 4.78 is 1.95. The molecule has 0 saturated carbocycles. The molecule has 1 heterocycles. The molecule has 0 fully saturated rings. The van der Waals surface area contributed by atoms with Crippen molar-refractivity contribution >= 4 is 0 Å². The topological polar surface area (TPSA) is 54.5 Å². The van der Waals surface area contributed by atoms with Crippen LogP contribution in [0.1, 0.15) is 38.6 Å². The first-order chi connectivity index (χ1) is 7.19. The van der Waals surface area contributed by atoms with Crippen molar-refractivity contribution in [1.29, 1.82) is 5.26 Å². The molecule has 0 aliphatic rings. The van der Waals surface area contributed by atoms with E-state index in [9.17, 15) is 0 Å². The Balaban J connectivity index is 2.90. The standard InChI is InChI=1S/C11H18N4/c1-4-5-11-10(6-7-12)13-14-15(11)8-9(2)3/h9H,4-6,8H2,1-3H3. The molecular weight excluding hydrogens is 188 g/mol. The van der Waals surface area contributed by atoms with Crippen LogP contribution in [0.5, 0.6) is 0 Å². The summed E-state index contributed by atoms with van der Waals surface area (Å²) in [4.78, 5) is 0. The molecule has 0 saturated heterocycles. The number of rotatable bonds is 5. The summed E-state index contributed by atoms with van der Waals surface area (Å²) in [6.07, 6.45) is 2.38. The minimum Gasteiger partial charge on any atom is -0.249 e. The number of hydrogen-bond acceptors (Lipinski definition) is 3. The average molecular weight is 206 g/mol. The largest absolute Gasteiger partial charge is 0.249 e. The third kappa shape index (κ3) is 3.05. The molecule has 15 heavy (non-hydrogen) atoms. The van der Waals surface area contributed by atoms with Crippen molar-refractivity contribution in [1.82, 2.24) is 15.0 Å². The summed E-state index contributed by atoms with van der Waals surface area (Å²) in [6, 6.07) is 2.13. The number of hydrogen-bond donors (Lipinski definition) is 0. The monoisotopic (exact) mass is 206 g/mol. The highest BCUT2D eigenvalue weighted by atomic mass is 15.4. The third-order valence-corrected chi connectivity index (χ3v) is 2.19. The predicted molar refractivity (Wildman–Crippen MR) is 58.2 cm³/mol. The number of nitriles is 1. The molecule has 0 atom stereocenters. The average Bonchev–Trinajstić information content (AvgIpc) is 2.51. The van der Waals surface area contributed by atoms with Gasteiger partial charge in [-0.3, -0.25) is 0 Å². The Morgan fingerprint density at radius 2 is 2.20 bits per heavy atom. The molecule has 0 N–H and O–H groups in total. The van der Waals surface area contributed by atoms with Crippen molar-refractivity contribution in [2.45, 2.75) is 46.6 Å². The SMILES string of the molecule is CCCc1c(CC#N)nnn1CC(C)C.